The summed E-state index contributed by atoms with van der Waals surface area (Å²) in [6.45, 7) is 7.68. The first-order valence-electron chi connectivity index (χ1n) is 9.26. The second-order valence-corrected chi connectivity index (χ2v) is 7.07. The minimum Gasteiger partial charge on any atom is -0.326 e. The second-order valence-electron chi connectivity index (χ2n) is 7.07. The molecule has 2 unspecified atom stereocenters. The Kier molecular flexibility index (Phi) is 6.53. The Bertz CT molecular complexity index is 323. The van der Waals surface area contributed by atoms with Crippen LogP contribution >= 0.6 is 0 Å². The molecule has 0 aromatic rings. The van der Waals surface area contributed by atoms with Gasteiger partial charge in [-0.05, 0) is 37.5 Å². The predicted octanol–water partition coefficient (Wildman–Crippen LogP) is 3.93. The molecule has 0 bridgehead atoms. The molecule has 1 saturated heterocycles. The van der Waals surface area contributed by atoms with E-state index in [0.717, 1.165) is 37.6 Å². The maximum atomic E-state index is 12.6. The fraction of sp³-hybridized carbons (Fsp3) is 0.944. The molecule has 0 radical (unpaired) electrons. The molecule has 0 spiro atoms. The van der Waals surface area contributed by atoms with Gasteiger partial charge in [-0.1, -0.05) is 52.9 Å². The molecule has 0 aromatic carbocycles. The van der Waals surface area contributed by atoms with E-state index < -0.39 is 0 Å². The molecule has 1 heterocycles. The van der Waals surface area contributed by atoms with Gasteiger partial charge in [-0.15, -0.1) is 0 Å². The van der Waals surface area contributed by atoms with Crippen LogP contribution in [-0.2, 0) is 4.79 Å². The van der Waals surface area contributed by atoms with Crippen molar-refractivity contribution in [2.24, 2.45) is 11.8 Å². The molecular weight excluding hydrogens is 260 g/mol. The van der Waals surface area contributed by atoms with E-state index in [1.54, 1.807) is 0 Å². The number of amides is 1. The molecule has 2 rings (SSSR count). The summed E-state index contributed by atoms with van der Waals surface area (Å²) in [4.78, 5) is 14.8. The van der Waals surface area contributed by atoms with Crippen molar-refractivity contribution in [3.05, 3.63) is 0 Å². The zero-order chi connectivity index (χ0) is 15.2. The average molecular weight is 294 g/mol. The number of nitrogens with zero attached hydrogens (tertiary/aromatic N) is 1. The topological polar surface area (TPSA) is 32.3 Å². The highest BCUT2D eigenvalue weighted by atomic mass is 16.2. The van der Waals surface area contributed by atoms with Gasteiger partial charge in [0.05, 0.1) is 12.2 Å². The predicted molar refractivity (Wildman–Crippen MR) is 88.0 cm³/mol. The van der Waals surface area contributed by atoms with E-state index in [1.165, 1.54) is 38.5 Å². The summed E-state index contributed by atoms with van der Waals surface area (Å²) in [5, 5.41) is 3.56. The molecule has 3 heteroatoms. The van der Waals surface area contributed by atoms with Gasteiger partial charge in [-0.2, -0.15) is 0 Å². The number of hydrogen-bond acceptors (Lipinski definition) is 2. The molecule has 2 aliphatic rings. The summed E-state index contributed by atoms with van der Waals surface area (Å²) < 4.78 is 0. The minimum atomic E-state index is 0.0851. The van der Waals surface area contributed by atoms with Crippen LogP contribution in [0.1, 0.15) is 78.6 Å². The van der Waals surface area contributed by atoms with E-state index >= 15 is 0 Å². The van der Waals surface area contributed by atoms with Crippen LogP contribution in [0.25, 0.3) is 0 Å². The van der Waals surface area contributed by atoms with Gasteiger partial charge in [0.2, 0.25) is 5.91 Å². The maximum absolute atomic E-state index is 12.6. The Hall–Kier alpha value is -0.570. The van der Waals surface area contributed by atoms with Crippen molar-refractivity contribution in [1.82, 2.24) is 10.2 Å². The highest BCUT2D eigenvalue weighted by Crippen LogP contribution is 2.32. The lowest BCUT2D eigenvalue weighted by Crippen LogP contribution is -2.40. The molecule has 21 heavy (non-hydrogen) atoms. The molecule has 1 aliphatic carbocycles. The van der Waals surface area contributed by atoms with Crippen molar-refractivity contribution in [1.29, 1.82) is 0 Å². The molecule has 2 fully saturated rings. The molecule has 1 aliphatic heterocycles. The minimum absolute atomic E-state index is 0.0851. The lowest BCUT2D eigenvalue weighted by Gasteiger charge is -2.32. The van der Waals surface area contributed by atoms with Crippen LogP contribution in [0.2, 0.25) is 0 Å². The average Bonchev–Trinajstić information content (AvgIpc) is 2.82. The van der Waals surface area contributed by atoms with E-state index in [0.29, 0.717) is 5.91 Å². The summed E-state index contributed by atoms with van der Waals surface area (Å²) in [7, 11) is 0. The van der Waals surface area contributed by atoms with Crippen molar-refractivity contribution in [3.63, 3.8) is 0 Å². The Morgan fingerprint density at radius 3 is 2.29 bits per heavy atom. The highest BCUT2D eigenvalue weighted by Gasteiger charge is 2.38. The van der Waals surface area contributed by atoms with Crippen molar-refractivity contribution in [2.45, 2.75) is 90.8 Å². The molecule has 1 saturated carbocycles. The van der Waals surface area contributed by atoms with Crippen molar-refractivity contribution in [3.8, 4) is 0 Å². The van der Waals surface area contributed by atoms with E-state index in [9.17, 15) is 4.79 Å². The second kappa shape index (κ2) is 8.17. The van der Waals surface area contributed by atoms with Gasteiger partial charge in [0, 0.05) is 6.54 Å². The van der Waals surface area contributed by atoms with Crippen molar-refractivity contribution >= 4 is 5.91 Å². The van der Waals surface area contributed by atoms with Crippen LogP contribution in [0.15, 0.2) is 0 Å². The molecule has 122 valence electrons. The van der Waals surface area contributed by atoms with Crippen LogP contribution < -0.4 is 5.32 Å². The summed E-state index contributed by atoms with van der Waals surface area (Å²) in [6, 6.07) is 0.0851. The fourth-order valence-electron chi connectivity index (χ4n) is 4.02. The third-order valence-electron chi connectivity index (χ3n) is 5.58. The number of hydrogen-bond donors (Lipinski definition) is 1. The summed E-state index contributed by atoms with van der Waals surface area (Å²) in [6.07, 6.45) is 11.3. The third kappa shape index (κ3) is 4.21. The lowest BCUT2D eigenvalue weighted by atomic mass is 9.80. The monoisotopic (exact) mass is 294 g/mol. The Morgan fingerprint density at radius 2 is 1.71 bits per heavy atom. The SMILES string of the molecule is CCCCC1NC(CC)N(CC2CCC(CC)CC2)C1=O. The van der Waals surface area contributed by atoms with Crippen LogP contribution in [0.3, 0.4) is 0 Å². The summed E-state index contributed by atoms with van der Waals surface area (Å²) >= 11 is 0. The quantitative estimate of drug-likeness (QED) is 0.771. The summed E-state index contributed by atoms with van der Waals surface area (Å²) in [5.74, 6) is 2.04. The molecule has 2 atom stereocenters. The molecule has 1 amide bonds. The Balaban J connectivity index is 1.87. The van der Waals surface area contributed by atoms with Gasteiger partial charge >= 0.3 is 0 Å². The van der Waals surface area contributed by atoms with E-state index in [1.807, 2.05) is 0 Å². The lowest BCUT2D eigenvalue weighted by molar-refractivity contribution is -0.131. The van der Waals surface area contributed by atoms with Crippen molar-refractivity contribution < 1.29 is 4.79 Å². The van der Waals surface area contributed by atoms with E-state index in [2.05, 4.69) is 31.0 Å². The first kappa shape index (κ1) is 16.8. The van der Waals surface area contributed by atoms with E-state index in [4.69, 9.17) is 0 Å². The van der Waals surface area contributed by atoms with Gasteiger partial charge in [0.1, 0.15) is 0 Å². The van der Waals surface area contributed by atoms with Gasteiger partial charge in [0.25, 0.3) is 0 Å². The van der Waals surface area contributed by atoms with Crippen LogP contribution in [0.5, 0.6) is 0 Å². The zero-order valence-corrected chi connectivity index (χ0v) is 14.2. The zero-order valence-electron chi connectivity index (χ0n) is 14.2. The first-order chi connectivity index (χ1) is 10.2. The standard InChI is InChI=1S/C18H34N2O/c1-4-7-8-16-18(21)20(17(6-3)19-16)13-15-11-9-14(5-2)10-12-15/h14-17,19H,4-13H2,1-3H3. The van der Waals surface area contributed by atoms with Crippen LogP contribution in [0.4, 0.5) is 0 Å². The largest absolute Gasteiger partial charge is 0.326 e. The van der Waals surface area contributed by atoms with Gasteiger partial charge in [-0.3, -0.25) is 10.1 Å². The molecule has 3 nitrogen and oxygen atoms in total. The molecular formula is C18H34N2O. The van der Waals surface area contributed by atoms with Gasteiger partial charge in [-0.25, -0.2) is 0 Å². The van der Waals surface area contributed by atoms with Crippen LogP contribution in [-0.4, -0.2) is 29.6 Å². The van der Waals surface area contributed by atoms with Crippen molar-refractivity contribution in [2.75, 3.05) is 6.54 Å². The third-order valence-corrected chi connectivity index (χ3v) is 5.58. The molecule has 1 N–H and O–H groups in total. The number of rotatable bonds is 7. The first-order valence-corrected chi connectivity index (χ1v) is 9.26. The number of nitrogens with one attached hydrogen (secondary N) is 1. The molecule has 0 aromatic heterocycles. The van der Waals surface area contributed by atoms with Gasteiger partial charge in [0.15, 0.2) is 0 Å². The summed E-state index contributed by atoms with van der Waals surface area (Å²) in [5.41, 5.74) is 0. The fourth-order valence-corrected chi connectivity index (χ4v) is 4.02. The number of unbranched alkanes of at least 4 members (excludes halogenated alkanes) is 1. The number of carbonyl (C=O) groups is 1. The Labute approximate surface area is 130 Å². The normalized spacial score (nSPS) is 33.7. The van der Waals surface area contributed by atoms with Gasteiger partial charge < -0.3 is 4.90 Å². The smallest absolute Gasteiger partial charge is 0.241 e. The van der Waals surface area contributed by atoms with Crippen LogP contribution in [0, 0.1) is 11.8 Å². The Morgan fingerprint density at radius 1 is 1.05 bits per heavy atom. The highest BCUT2D eigenvalue weighted by molar-refractivity contribution is 5.84. The number of carbonyl (C=O) groups excluding carboxylic acids is 1. The van der Waals surface area contributed by atoms with E-state index in [-0.39, 0.29) is 12.2 Å². The maximum Gasteiger partial charge on any atom is 0.241 e.